The molecule has 11 heteroatoms. The van der Waals surface area contributed by atoms with E-state index >= 15 is 0 Å². The number of primary sulfonamides is 1. The minimum Gasteiger partial charge on any atom is -0.494 e. The number of aromatic nitrogens is 1. The van der Waals surface area contributed by atoms with E-state index in [1.807, 2.05) is 19.9 Å². The van der Waals surface area contributed by atoms with Crippen molar-refractivity contribution in [2.24, 2.45) is 5.14 Å². The summed E-state index contributed by atoms with van der Waals surface area (Å²) in [6.45, 7) is 7.77. The van der Waals surface area contributed by atoms with Crippen molar-refractivity contribution in [3.63, 3.8) is 0 Å². The summed E-state index contributed by atoms with van der Waals surface area (Å²) in [5, 5.41) is 8.54. The Bertz CT molecular complexity index is 1230. The van der Waals surface area contributed by atoms with Crippen LogP contribution in [-0.2, 0) is 16.6 Å². The van der Waals surface area contributed by atoms with E-state index in [1.54, 1.807) is 0 Å². The predicted octanol–water partition coefficient (Wildman–Crippen LogP) is 4.00. The first kappa shape index (κ1) is 24.6. The molecule has 0 radical (unpaired) electrons. The number of piperidine rings is 1. The molecule has 4 rings (SSSR count). The van der Waals surface area contributed by atoms with Crippen molar-refractivity contribution in [1.29, 1.82) is 0 Å². The van der Waals surface area contributed by atoms with Gasteiger partial charge < -0.3 is 19.2 Å². The predicted molar refractivity (Wildman–Crippen MR) is 131 cm³/mol. The molecule has 1 aromatic heterocycles. The summed E-state index contributed by atoms with van der Waals surface area (Å²) >= 11 is 6.04. The van der Waals surface area contributed by atoms with Gasteiger partial charge in [-0.25, -0.2) is 13.6 Å². The van der Waals surface area contributed by atoms with Gasteiger partial charge in [-0.15, -0.1) is 0 Å². The Kier molecular flexibility index (Phi) is 7.51. The molecule has 1 aliphatic heterocycles. The maximum atomic E-state index is 11.7. The molecule has 1 fully saturated rings. The number of nitrogens with one attached hydrogen (secondary N) is 1. The summed E-state index contributed by atoms with van der Waals surface area (Å²) in [7, 11) is -3.95. The number of nitrogens with zero attached hydrogens (tertiary/aromatic N) is 2. The second-order valence-corrected chi connectivity index (χ2v) is 10.1. The third-order valence-corrected chi connectivity index (χ3v) is 7.01. The molecule has 0 unspecified atom stereocenters. The number of rotatable bonds is 9. The lowest BCUT2D eigenvalue weighted by molar-refractivity contribution is 0.209. The van der Waals surface area contributed by atoms with Crippen LogP contribution in [0.25, 0.3) is 11.1 Å². The molecule has 0 amide bonds. The Labute approximate surface area is 204 Å². The number of oxazole rings is 1. The normalized spacial score (nSPS) is 15.5. The number of hydrogen-bond acceptors (Lipinski definition) is 8. The zero-order valence-corrected chi connectivity index (χ0v) is 20.8. The van der Waals surface area contributed by atoms with Crippen molar-refractivity contribution in [3.05, 3.63) is 40.9 Å². The maximum absolute atomic E-state index is 11.7. The molecule has 9 nitrogen and oxygen atoms in total. The van der Waals surface area contributed by atoms with Gasteiger partial charge in [0.2, 0.25) is 10.0 Å². The van der Waals surface area contributed by atoms with Gasteiger partial charge in [0.1, 0.15) is 21.9 Å². The highest BCUT2D eigenvalue weighted by molar-refractivity contribution is 7.89. The molecule has 1 saturated heterocycles. The highest BCUT2D eigenvalue weighted by atomic mass is 35.5. The summed E-state index contributed by atoms with van der Waals surface area (Å²) in [5.41, 5.74) is 1.94. The average Bonchev–Trinajstić information content (AvgIpc) is 3.15. The van der Waals surface area contributed by atoms with Gasteiger partial charge in [0.15, 0.2) is 5.58 Å². The SMILES string of the molecule is CCOc1cc(CN2CCC(Nc3nc4cc(Cl)c(S(N)(=O)=O)cc4o3)CC2)cc(OCC)c1. The lowest BCUT2D eigenvalue weighted by Gasteiger charge is -2.32. The molecule has 2 heterocycles. The van der Waals surface area contributed by atoms with E-state index in [1.165, 1.54) is 12.1 Å². The monoisotopic (exact) mass is 508 g/mol. The van der Waals surface area contributed by atoms with Crippen LogP contribution in [0.4, 0.5) is 6.01 Å². The number of halogens is 1. The first-order valence-electron chi connectivity index (χ1n) is 11.3. The fourth-order valence-electron chi connectivity index (χ4n) is 4.10. The minimum absolute atomic E-state index is 0.0176. The smallest absolute Gasteiger partial charge is 0.295 e. The number of ether oxygens (including phenoxy) is 2. The van der Waals surface area contributed by atoms with Crippen LogP contribution in [0.5, 0.6) is 11.5 Å². The van der Waals surface area contributed by atoms with Crippen molar-refractivity contribution in [2.45, 2.75) is 44.2 Å². The molecule has 184 valence electrons. The number of nitrogens with two attached hydrogens (primary N) is 1. The highest BCUT2D eigenvalue weighted by Gasteiger charge is 2.22. The molecule has 0 spiro atoms. The molecule has 34 heavy (non-hydrogen) atoms. The third kappa shape index (κ3) is 5.93. The van der Waals surface area contributed by atoms with Crippen LogP contribution in [-0.4, -0.2) is 50.6 Å². The number of anilines is 1. The molecule has 3 aromatic rings. The van der Waals surface area contributed by atoms with Crippen molar-refractivity contribution >= 4 is 38.7 Å². The van der Waals surface area contributed by atoms with Gasteiger partial charge in [-0.3, -0.25) is 4.90 Å². The van der Waals surface area contributed by atoms with Crippen LogP contribution in [0.15, 0.2) is 39.6 Å². The molecule has 0 saturated carbocycles. The van der Waals surface area contributed by atoms with Crippen LogP contribution in [0.3, 0.4) is 0 Å². The number of benzene rings is 2. The highest BCUT2D eigenvalue weighted by Crippen LogP contribution is 2.30. The fraction of sp³-hybridized carbons (Fsp3) is 0.435. The quantitative estimate of drug-likeness (QED) is 0.445. The van der Waals surface area contributed by atoms with Crippen molar-refractivity contribution in [2.75, 3.05) is 31.6 Å². The van der Waals surface area contributed by atoms with Crippen molar-refractivity contribution in [3.8, 4) is 11.5 Å². The summed E-state index contributed by atoms with van der Waals surface area (Å²) in [5.74, 6) is 1.64. The number of likely N-dealkylation sites (tertiary alicyclic amines) is 1. The molecule has 2 aromatic carbocycles. The topological polar surface area (TPSA) is 120 Å². The van der Waals surface area contributed by atoms with E-state index in [0.29, 0.717) is 30.3 Å². The second kappa shape index (κ2) is 10.4. The van der Waals surface area contributed by atoms with E-state index in [0.717, 1.165) is 49.5 Å². The van der Waals surface area contributed by atoms with Gasteiger partial charge in [-0.1, -0.05) is 11.6 Å². The molecule has 0 bridgehead atoms. The minimum atomic E-state index is -3.95. The Morgan fingerprint density at radius 2 is 1.76 bits per heavy atom. The van der Waals surface area contributed by atoms with E-state index in [-0.39, 0.29) is 16.0 Å². The zero-order chi connectivity index (χ0) is 24.3. The lowest BCUT2D eigenvalue weighted by Crippen LogP contribution is -2.38. The van der Waals surface area contributed by atoms with E-state index in [4.69, 9.17) is 30.6 Å². The van der Waals surface area contributed by atoms with Crippen LogP contribution in [0, 0.1) is 0 Å². The van der Waals surface area contributed by atoms with E-state index in [2.05, 4.69) is 27.3 Å². The first-order chi connectivity index (χ1) is 16.2. The summed E-state index contributed by atoms with van der Waals surface area (Å²) in [6, 6.07) is 9.33. The van der Waals surface area contributed by atoms with Gasteiger partial charge in [0, 0.05) is 37.8 Å². The molecular formula is C23H29ClN4O5S. The van der Waals surface area contributed by atoms with E-state index < -0.39 is 10.0 Å². The summed E-state index contributed by atoms with van der Waals surface area (Å²) < 4.78 is 40.5. The van der Waals surface area contributed by atoms with Crippen LogP contribution in [0.2, 0.25) is 5.02 Å². The standard InChI is InChI=1S/C23H29ClN4O5S/c1-3-31-17-9-15(10-18(11-17)32-4-2)14-28-7-5-16(6-8-28)26-23-27-20-12-19(24)22(34(25,29)30)13-21(20)33-23/h9-13,16H,3-8,14H2,1-2H3,(H,26,27)(H2,25,29,30). The average molecular weight is 509 g/mol. The Morgan fingerprint density at radius 3 is 2.35 bits per heavy atom. The largest absolute Gasteiger partial charge is 0.494 e. The summed E-state index contributed by atoms with van der Waals surface area (Å²) in [6.07, 6.45) is 1.82. The number of hydrogen-bond donors (Lipinski definition) is 2. The van der Waals surface area contributed by atoms with Crippen LogP contribution >= 0.6 is 11.6 Å². The van der Waals surface area contributed by atoms with Gasteiger partial charge in [0.05, 0.1) is 18.2 Å². The third-order valence-electron chi connectivity index (χ3n) is 5.63. The lowest BCUT2D eigenvalue weighted by atomic mass is 10.0. The van der Waals surface area contributed by atoms with Crippen molar-refractivity contribution in [1.82, 2.24) is 9.88 Å². The fourth-order valence-corrected chi connectivity index (χ4v) is 5.18. The van der Waals surface area contributed by atoms with E-state index in [9.17, 15) is 8.42 Å². The Morgan fingerprint density at radius 1 is 1.12 bits per heavy atom. The molecule has 0 atom stereocenters. The Balaban J connectivity index is 1.37. The van der Waals surface area contributed by atoms with Crippen LogP contribution < -0.4 is 19.9 Å². The van der Waals surface area contributed by atoms with Gasteiger partial charge in [-0.2, -0.15) is 4.98 Å². The second-order valence-electron chi connectivity index (χ2n) is 8.19. The Hall–Kier alpha value is -2.53. The van der Waals surface area contributed by atoms with Crippen LogP contribution in [0.1, 0.15) is 32.3 Å². The van der Waals surface area contributed by atoms with Gasteiger partial charge in [-0.05, 0) is 50.5 Å². The zero-order valence-electron chi connectivity index (χ0n) is 19.2. The first-order valence-corrected chi connectivity index (χ1v) is 13.2. The maximum Gasteiger partial charge on any atom is 0.295 e. The molecule has 3 N–H and O–H groups in total. The van der Waals surface area contributed by atoms with Gasteiger partial charge >= 0.3 is 0 Å². The molecule has 0 aliphatic carbocycles. The summed E-state index contributed by atoms with van der Waals surface area (Å²) in [4.78, 5) is 6.60. The van der Waals surface area contributed by atoms with Crippen molar-refractivity contribution < 1.29 is 22.3 Å². The number of fused-ring (bicyclic) bond motifs is 1. The molecular weight excluding hydrogens is 480 g/mol. The van der Waals surface area contributed by atoms with Gasteiger partial charge in [0.25, 0.3) is 6.01 Å². The molecule has 1 aliphatic rings. The number of sulfonamides is 1.